The largest absolute Gasteiger partial charge is 0.371 e. The molecule has 1 aliphatic heterocycles. The molecule has 0 saturated carbocycles. The van der Waals surface area contributed by atoms with Crippen molar-refractivity contribution in [1.29, 1.82) is 0 Å². The minimum atomic E-state index is -0.462. The summed E-state index contributed by atoms with van der Waals surface area (Å²) in [6.45, 7) is 1.77. The average molecular weight is 561 g/mol. The molecule has 0 radical (unpaired) electrons. The van der Waals surface area contributed by atoms with E-state index in [2.05, 4.69) is 37.3 Å². The van der Waals surface area contributed by atoms with E-state index in [1.165, 1.54) is 4.68 Å². The second kappa shape index (κ2) is 10.1. The van der Waals surface area contributed by atoms with Crippen LogP contribution in [-0.2, 0) is 7.05 Å². The van der Waals surface area contributed by atoms with Crippen molar-refractivity contribution in [1.82, 2.24) is 34.1 Å². The Balaban J connectivity index is 1.03. The van der Waals surface area contributed by atoms with Crippen LogP contribution < -0.4 is 21.5 Å². The molecule has 0 atom stereocenters. The first-order valence-electron chi connectivity index (χ1n) is 13.7. The van der Waals surface area contributed by atoms with Crippen LogP contribution in [0.1, 0.15) is 29.2 Å². The second-order valence-corrected chi connectivity index (χ2v) is 10.4. The van der Waals surface area contributed by atoms with E-state index in [1.54, 1.807) is 42.3 Å². The summed E-state index contributed by atoms with van der Waals surface area (Å²) < 4.78 is 5.15. The number of carbonyl (C=O) groups excluding carboxylic acids is 1. The minimum Gasteiger partial charge on any atom is -0.371 e. The molecular formula is C30H28N10O2. The molecule has 4 aromatic heterocycles. The third kappa shape index (κ3) is 4.42. The molecule has 12 nitrogen and oxygen atoms in total. The number of rotatable bonds is 6. The lowest BCUT2D eigenvalue weighted by atomic mass is 10.0. The highest BCUT2D eigenvalue weighted by Crippen LogP contribution is 2.29. The molecule has 0 spiro atoms. The lowest BCUT2D eigenvalue weighted by molar-refractivity contribution is 0.100. The molecule has 0 aliphatic carbocycles. The van der Waals surface area contributed by atoms with Crippen LogP contribution in [0.4, 0.5) is 17.3 Å². The van der Waals surface area contributed by atoms with Crippen molar-refractivity contribution >= 4 is 45.2 Å². The molecule has 1 aliphatic rings. The number of fused-ring (bicyclic) bond motifs is 2. The van der Waals surface area contributed by atoms with Crippen LogP contribution >= 0.6 is 0 Å². The van der Waals surface area contributed by atoms with E-state index >= 15 is 0 Å². The van der Waals surface area contributed by atoms with Gasteiger partial charge in [-0.25, -0.2) is 9.97 Å². The maximum atomic E-state index is 13.0. The number of hydrogen-bond donors (Lipinski definition) is 2. The Hall–Kier alpha value is -5.52. The zero-order valence-corrected chi connectivity index (χ0v) is 22.9. The van der Waals surface area contributed by atoms with Gasteiger partial charge in [-0.1, -0.05) is 18.2 Å². The van der Waals surface area contributed by atoms with Crippen molar-refractivity contribution in [3.63, 3.8) is 0 Å². The van der Waals surface area contributed by atoms with Crippen molar-refractivity contribution in [2.45, 2.75) is 18.9 Å². The Morgan fingerprint density at radius 3 is 2.55 bits per heavy atom. The van der Waals surface area contributed by atoms with Crippen LogP contribution in [0.25, 0.3) is 27.8 Å². The fourth-order valence-corrected chi connectivity index (χ4v) is 5.64. The molecule has 3 N–H and O–H groups in total. The molecule has 12 heteroatoms. The molecule has 1 saturated heterocycles. The number of primary amides is 1. The number of aromatic nitrogens is 7. The number of nitrogens with one attached hydrogen (secondary N) is 1. The fraction of sp³-hybridized carbons (Fsp3) is 0.200. The van der Waals surface area contributed by atoms with Crippen molar-refractivity contribution < 1.29 is 4.79 Å². The Bertz CT molecular complexity index is 1980. The standard InChI is InChI=1S/C30H28N10O2/c1-37-28-24(29(42)40(37)25-7-2-3-14-32-25)17-33-30(35-28)34-20-8-10-21(11-9-20)38-15-12-22(13-16-38)39-18-19-5-4-6-23(27(31)41)26(19)36-39/h2-11,14,17-18,22H,12-13,15-16H2,1H3,(H2,31,41)(H,33,34,35). The van der Waals surface area contributed by atoms with Gasteiger partial charge in [0.05, 0.1) is 11.6 Å². The molecule has 1 fully saturated rings. The van der Waals surface area contributed by atoms with Gasteiger partial charge in [-0.2, -0.15) is 14.8 Å². The van der Waals surface area contributed by atoms with Crippen molar-refractivity contribution in [3.05, 3.63) is 95.2 Å². The van der Waals surface area contributed by atoms with E-state index in [9.17, 15) is 9.59 Å². The van der Waals surface area contributed by atoms with E-state index in [1.807, 2.05) is 41.2 Å². The molecule has 6 aromatic rings. The Labute approximate surface area is 240 Å². The Kier molecular flexibility index (Phi) is 6.15. The minimum absolute atomic E-state index is 0.220. The second-order valence-electron chi connectivity index (χ2n) is 10.4. The topological polar surface area (TPSA) is 142 Å². The first-order chi connectivity index (χ1) is 20.5. The maximum absolute atomic E-state index is 13.0. The predicted octanol–water partition coefficient (Wildman–Crippen LogP) is 3.55. The van der Waals surface area contributed by atoms with E-state index < -0.39 is 5.91 Å². The van der Waals surface area contributed by atoms with Crippen LogP contribution in [0.2, 0.25) is 0 Å². The normalized spacial score (nSPS) is 14.1. The quantitative estimate of drug-likeness (QED) is 0.315. The van der Waals surface area contributed by atoms with Crippen molar-refractivity contribution in [3.8, 4) is 5.82 Å². The summed E-state index contributed by atoms with van der Waals surface area (Å²) in [4.78, 5) is 40.4. The maximum Gasteiger partial charge on any atom is 0.283 e. The van der Waals surface area contributed by atoms with Gasteiger partial charge in [0.15, 0.2) is 11.5 Å². The lowest BCUT2D eigenvalue weighted by Gasteiger charge is -2.33. The molecule has 42 heavy (non-hydrogen) atoms. The van der Waals surface area contributed by atoms with E-state index in [0.717, 1.165) is 42.7 Å². The summed E-state index contributed by atoms with van der Waals surface area (Å²) in [7, 11) is 1.78. The Morgan fingerprint density at radius 1 is 1.00 bits per heavy atom. The molecule has 2 aromatic carbocycles. The fourth-order valence-electron chi connectivity index (χ4n) is 5.64. The van der Waals surface area contributed by atoms with Crippen LogP contribution in [-0.4, -0.2) is 53.1 Å². The van der Waals surface area contributed by atoms with Gasteiger partial charge in [-0.05, 0) is 55.3 Å². The number of amides is 1. The van der Waals surface area contributed by atoms with Gasteiger partial charge in [0.1, 0.15) is 10.9 Å². The summed E-state index contributed by atoms with van der Waals surface area (Å²) >= 11 is 0. The molecule has 0 unspecified atom stereocenters. The summed E-state index contributed by atoms with van der Waals surface area (Å²) in [6, 6.07) is 19.3. The smallest absolute Gasteiger partial charge is 0.283 e. The number of pyridine rings is 1. The predicted molar refractivity (Wildman–Crippen MR) is 160 cm³/mol. The molecule has 0 bridgehead atoms. The Morgan fingerprint density at radius 2 is 1.81 bits per heavy atom. The van der Waals surface area contributed by atoms with Gasteiger partial charge in [0.2, 0.25) is 5.95 Å². The van der Waals surface area contributed by atoms with Crippen LogP contribution in [0.15, 0.2) is 84.0 Å². The third-order valence-electron chi connectivity index (χ3n) is 7.81. The highest BCUT2D eigenvalue weighted by atomic mass is 16.1. The summed E-state index contributed by atoms with van der Waals surface area (Å²) in [6.07, 6.45) is 7.07. The number of benzene rings is 2. The van der Waals surface area contributed by atoms with Gasteiger partial charge in [-0.3, -0.25) is 19.0 Å². The van der Waals surface area contributed by atoms with Gasteiger partial charge >= 0.3 is 0 Å². The van der Waals surface area contributed by atoms with Crippen molar-refractivity contribution in [2.75, 3.05) is 23.3 Å². The third-order valence-corrected chi connectivity index (χ3v) is 7.81. The van der Waals surface area contributed by atoms with Crippen molar-refractivity contribution in [2.24, 2.45) is 12.8 Å². The number of hydrogen-bond acceptors (Lipinski definition) is 8. The lowest BCUT2D eigenvalue weighted by Crippen LogP contribution is -2.34. The average Bonchev–Trinajstić information content (AvgIpc) is 3.56. The SMILES string of the molecule is Cn1c2nc(Nc3ccc(N4CCC(n5cc6cccc(C(N)=O)c6n5)CC4)cc3)ncc2c(=O)n1-c1ccccn1. The summed E-state index contributed by atoms with van der Waals surface area (Å²) in [5.74, 6) is 0.458. The van der Waals surface area contributed by atoms with E-state index in [4.69, 9.17) is 10.8 Å². The van der Waals surface area contributed by atoms with Crippen LogP contribution in [0, 0.1) is 0 Å². The molecule has 210 valence electrons. The number of carbonyl (C=O) groups is 1. The van der Waals surface area contributed by atoms with Crippen LogP contribution in [0.5, 0.6) is 0 Å². The molecule has 7 rings (SSSR count). The first kappa shape index (κ1) is 25.4. The summed E-state index contributed by atoms with van der Waals surface area (Å²) in [5, 5.41) is 9.30. The zero-order chi connectivity index (χ0) is 28.8. The van der Waals surface area contributed by atoms with Gasteiger partial charge in [0, 0.05) is 55.5 Å². The number of nitrogens with two attached hydrogens (primary N) is 1. The zero-order valence-electron chi connectivity index (χ0n) is 22.9. The highest BCUT2D eigenvalue weighted by Gasteiger charge is 2.23. The molecular weight excluding hydrogens is 532 g/mol. The van der Waals surface area contributed by atoms with Crippen LogP contribution in [0.3, 0.4) is 0 Å². The van der Waals surface area contributed by atoms with E-state index in [-0.39, 0.29) is 11.6 Å². The van der Waals surface area contributed by atoms with E-state index in [0.29, 0.717) is 33.9 Å². The molecule has 5 heterocycles. The van der Waals surface area contributed by atoms with Gasteiger partial charge < -0.3 is 16.0 Å². The number of nitrogens with zero attached hydrogens (tertiary/aromatic N) is 8. The molecule has 1 amide bonds. The first-order valence-corrected chi connectivity index (χ1v) is 13.7. The number of aryl methyl sites for hydroxylation is 1. The van der Waals surface area contributed by atoms with Gasteiger partial charge in [-0.15, -0.1) is 0 Å². The summed E-state index contributed by atoms with van der Waals surface area (Å²) in [5.41, 5.74) is 8.92. The highest BCUT2D eigenvalue weighted by molar-refractivity contribution is 6.04. The number of anilines is 3. The number of piperidine rings is 1. The monoisotopic (exact) mass is 560 g/mol. The van der Waals surface area contributed by atoms with Gasteiger partial charge in [0.25, 0.3) is 11.5 Å².